The maximum absolute atomic E-state index is 13.1. The SMILES string of the molecule is CC1CC(C(=O)O)CCN1Cc1ccc(F)c(Cl)c1. The molecule has 2 unspecified atom stereocenters. The van der Waals surface area contributed by atoms with Crippen LogP contribution in [-0.4, -0.2) is 28.6 Å². The first-order valence-corrected chi connectivity index (χ1v) is 6.76. The van der Waals surface area contributed by atoms with Crippen LogP contribution in [0.15, 0.2) is 18.2 Å². The fourth-order valence-electron chi connectivity index (χ4n) is 2.55. The molecule has 1 aliphatic heterocycles. The van der Waals surface area contributed by atoms with Crippen molar-refractivity contribution < 1.29 is 14.3 Å². The van der Waals surface area contributed by atoms with E-state index in [4.69, 9.17) is 16.7 Å². The molecule has 1 saturated heterocycles. The number of carbonyl (C=O) groups is 1. The molecule has 0 bridgehead atoms. The molecule has 1 aromatic carbocycles. The minimum atomic E-state index is -0.712. The molecule has 1 N–H and O–H groups in total. The number of benzene rings is 1. The molecular weight excluding hydrogens is 269 g/mol. The Balaban J connectivity index is 2.00. The molecule has 0 spiro atoms. The topological polar surface area (TPSA) is 40.5 Å². The van der Waals surface area contributed by atoms with E-state index >= 15 is 0 Å². The van der Waals surface area contributed by atoms with E-state index in [2.05, 4.69) is 4.90 Å². The number of piperidine rings is 1. The summed E-state index contributed by atoms with van der Waals surface area (Å²) in [6.07, 6.45) is 1.32. The molecule has 0 aliphatic carbocycles. The van der Waals surface area contributed by atoms with Crippen LogP contribution in [0.3, 0.4) is 0 Å². The number of aliphatic carboxylic acids is 1. The van der Waals surface area contributed by atoms with Crippen LogP contribution < -0.4 is 0 Å². The average Bonchev–Trinajstić information content (AvgIpc) is 2.36. The number of likely N-dealkylation sites (tertiary alicyclic amines) is 1. The second-order valence-corrected chi connectivity index (χ2v) is 5.53. The first-order valence-electron chi connectivity index (χ1n) is 6.38. The summed E-state index contributed by atoms with van der Waals surface area (Å²) < 4.78 is 13.1. The van der Waals surface area contributed by atoms with Gasteiger partial charge in [0.05, 0.1) is 10.9 Å². The smallest absolute Gasteiger partial charge is 0.306 e. The molecule has 3 nitrogen and oxygen atoms in total. The average molecular weight is 286 g/mol. The minimum Gasteiger partial charge on any atom is -0.481 e. The van der Waals surface area contributed by atoms with Crippen LogP contribution in [0.25, 0.3) is 0 Å². The van der Waals surface area contributed by atoms with Crippen molar-refractivity contribution in [1.82, 2.24) is 4.90 Å². The molecule has 1 heterocycles. The summed E-state index contributed by atoms with van der Waals surface area (Å²) in [5.74, 6) is -1.37. The second-order valence-electron chi connectivity index (χ2n) is 5.13. The second kappa shape index (κ2) is 5.88. The van der Waals surface area contributed by atoms with Crippen molar-refractivity contribution in [2.75, 3.05) is 6.54 Å². The summed E-state index contributed by atoms with van der Waals surface area (Å²) in [6, 6.07) is 4.93. The third kappa shape index (κ3) is 3.45. The van der Waals surface area contributed by atoms with E-state index in [9.17, 15) is 9.18 Å². The van der Waals surface area contributed by atoms with Crippen LogP contribution in [0.5, 0.6) is 0 Å². The van der Waals surface area contributed by atoms with Gasteiger partial charge < -0.3 is 5.11 Å². The normalized spacial score (nSPS) is 24.4. The van der Waals surface area contributed by atoms with Crippen molar-refractivity contribution in [2.24, 2.45) is 5.92 Å². The molecule has 1 fully saturated rings. The fraction of sp³-hybridized carbons (Fsp3) is 0.500. The summed E-state index contributed by atoms with van der Waals surface area (Å²) in [6.45, 7) is 3.45. The summed E-state index contributed by atoms with van der Waals surface area (Å²) >= 11 is 5.76. The van der Waals surface area contributed by atoms with Crippen LogP contribution in [0.1, 0.15) is 25.3 Å². The van der Waals surface area contributed by atoms with Gasteiger partial charge in [-0.2, -0.15) is 0 Å². The van der Waals surface area contributed by atoms with E-state index in [1.165, 1.54) is 6.07 Å². The number of halogens is 2. The largest absolute Gasteiger partial charge is 0.481 e. The molecular formula is C14H17ClFNO2. The Hall–Kier alpha value is -1.13. The van der Waals surface area contributed by atoms with Gasteiger partial charge in [0.1, 0.15) is 5.82 Å². The van der Waals surface area contributed by atoms with Crippen LogP contribution >= 0.6 is 11.6 Å². The van der Waals surface area contributed by atoms with Gasteiger partial charge in [0, 0.05) is 12.6 Å². The van der Waals surface area contributed by atoms with E-state index in [0.29, 0.717) is 19.4 Å². The van der Waals surface area contributed by atoms with Crippen molar-refractivity contribution in [3.63, 3.8) is 0 Å². The zero-order valence-corrected chi connectivity index (χ0v) is 11.5. The number of carboxylic acids is 1. The quantitative estimate of drug-likeness (QED) is 0.927. The molecule has 1 aromatic rings. The molecule has 2 atom stereocenters. The van der Waals surface area contributed by atoms with Gasteiger partial charge in [-0.25, -0.2) is 4.39 Å². The van der Waals surface area contributed by atoms with Crippen molar-refractivity contribution in [3.8, 4) is 0 Å². The Morgan fingerprint density at radius 3 is 2.89 bits per heavy atom. The van der Waals surface area contributed by atoms with Gasteiger partial charge in [-0.1, -0.05) is 17.7 Å². The van der Waals surface area contributed by atoms with Gasteiger partial charge in [-0.15, -0.1) is 0 Å². The number of hydrogen-bond donors (Lipinski definition) is 1. The van der Waals surface area contributed by atoms with E-state index in [1.807, 2.05) is 6.92 Å². The summed E-state index contributed by atoms with van der Waals surface area (Å²) in [5, 5.41) is 9.15. The van der Waals surface area contributed by atoms with E-state index in [-0.39, 0.29) is 17.0 Å². The number of rotatable bonds is 3. The third-order valence-electron chi connectivity index (χ3n) is 3.73. The zero-order chi connectivity index (χ0) is 14.0. The Morgan fingerprint density at radius 2 is 2.32 bits per heavy atom. The Kier molecular flexibility index (Phi) is 4.42. The number of hydrogen-bond acceptors (Lipinski definition) is 2. The monoisotopic (exact) mass is 285 g/mol. The van der Waals surface area contributed by atoms with Gasteiger partial charge in [-0.05, 0) is 44.0 Å². The predicted octanol–water partition coefficient (Wildman–Crippen LogP) is 3.16. The zero-order valence-electron chi connectivity index (χ0n) is 10.8. The maximum atomic E-state index is 13.1. The van der Waals surface area contributed by atoms with Crippen LogP contribution in [0.2, 0.25) is 5.02 Å². The van der Waals surface area contributed by atoms with Crippen molar-refractivity contribution in [3.05, 3.63) is 34.6 Å². The number of nitrogens with zero attached hydrogens (tertiary/aromatic N) is 1. The summed E-state index contributed by atoms with van der Waals surface area (Å²) in [7, 11) is 0. The fourth-order valence-corrected chi connectivity index (χ4v) is 2.76. The lowest BCUT2D eigenvalue weighted by molar-refractivity contribution is -0.144. The van der Waals surface area contributed by atoms with Crippen molar-refractivity contribution in [1.29, 1.82) is 0 Å². The highest BCUT2D eigenvalue weighted by Gasteiger charge is 2.29. The van der Waals surface area contributed by atoms with Gasteiger partial charge in [0.15, 0.2) is 0 Å². The highest BCUT2D eigenvalue weighted by Crippen LogP contribution is 2.25. The summed E-state index contributed by atoms with van der Waals surface area (Å²) in [4.78, 5) is 13.2. The standard InChI is InChI=1S/C14H17ClFNO2/c1-9-6-11(14(18)19)4-5-17(9)8-10-2-3-13(16)12(15)7-10/h2-3,7,9,11H,4-6,8H2,1H3,(H,18,19). The summed E-state index contributed by atoms with van der Waals surface area (Å²) in [5.41, 5.74) is 0.951. The minimum absolute atomic E-state index is 0.130. The van der Waals surface area contributed by atoms with E-state index in [1.54, 1.807) is 12.1 Å². The van der Waals surface area contributed by atoms with Crippen LogP contribution in [0, 0.1) is 11.7 Å². The van der Waals surface area contributed by atoms with Crippen molar-refractivity contribution >= 4 is 17.6 Å². The molecule has 19 heavy (non-hydrogen) atoms. The molecule has 2 rings (SSSR count). The van der Waals surface area contributed by atoms with E-state index in [0.717, 1.165) is 12.1 Å². The van der Waals surface area contributed by atoms with Gasteiger partial charge in [0.2, 0.25) is 0 Å². The van der Waals surface area contributed by atoms with Gasteiger partial charge in [0.25, 0.3) is 0 Å². The van der Waals surface area contributed by atoms with Crippen LogP contribution in [-0.2, 0) is 11.3 Å². The van der Waals surface area contributed by atoms with E-state index < -0.39 is 11.8 Å². The lowest BCUT2D eigenvalue weighted by Crippen LogP contribution is -2.42. The first kappa shape index (κ1) is 14.3. The number of carboxylic acid groups (broad SMARTS) is 1. The molecule has 0 amide bonds. The molecule has 0 radical (unpaired) electrons. The molecule has 104 valence electrons. The van der Waals surface area contributed by atoms with Crippen LogP contribution in [0.4, 0.5) is 4.39 Å². The molecule has 1 aliphatic rings. The Bertz CT molecular complexity index is 481. The molecule has 5 heteroatoms. The lowest BCUT2D eigenvalue weighted by Gasteiger charge is -2.36. The molecule has 0 aromatic heterocycles. The predicted molar refractivity (Wildman–Crippen MR) is 71.6 cm³/mol. The lowest BCUT2D eigenvalue weighted by atomic mass is 9.91. The third-order valence-corrected chi connectivity index (χ3v) is 4.02. The Labute approximate surface area is 117 Å². The first-order chi connectivity index (χ1) is 8.97. The van der Waals surface area contributed by atoms with Crippen molar-refractivity contribution in [2.45, 2.75) is 32.4 Å². The highest BCUT2D eigenvalue weighted by atomic mass is 35.5. The van der Waals surface area contributed by atoms with Gasteiger partial charge >= 0.3 is 5.97 Å². The maximum Gasteiger partial charge on any atom is 0.306 e. The highest BCUT2D eigenvalue weighted by molar-refractivity contribution is 6.30. The molecule has 0 saturated carbocycles. The van der Waals surface area contributed by atoms with Gasteiger partial charge in [-0.3, -0.25) is 9.69 Å². The Morgan fingerprint density at radius 1 is 1.58 bits per heavy atom.